The molecule has 0 bridgehead atoms. The topological polar surface area (TPSA) is 136 Å². The molecule has 0 spiro atoms. The molecule has 0 N–H and O–H groups in total. The van der Waals surface area contributed by atoms with Gasteiger partial charge in [-0.2, -0.15) is 0 Å². The SMILES string of the molecule is COc1cc([N+](=O)[O-])cc([N+](=O)[O-])c1C(=O)[O-]. The van der Waals surface area contributed by atoms with E-state index in [0.717, 1.165) is 13.2 Å². The maximum absolute atomic E-state index is 10.7. The fourth-order valence-corrected chi connectivity index (χ4v) is 1.20. The van der Waals surface area contributed by atoms with Crippen molar-refractivity contribution in [2.24, 2.45) is 0 Å². The quantitative estimate of drug-likeness (QED) is 0.529. The summed E-state index contributed by atoms with van der Waals surface area (Å²) in [5.41, 5.74) is -2.42. The number of carbonyl (C=O) groups excluding carboxylic acids is 1. The molecule has 9 nitrogen and oxygen atoms in total. The molecule has 0 aliphatic heterocycles. The van der Waals surface area contributed by atoms with Gasteiger partial charge in [-0.05, 0) is 0 Å². The first-order valence-corrected chi connectivity index (χ1v) is 4.10. The molecule has 0 aliphatic carbocycles. The lowest BCUT2D eigenvalue weighted by Crippen LogP contribution is -2.24. The highest BCUT2D eigenvalue weighted by atomic mass is 16.6. The van der Waals surface area contributed by atoms with Gasteiger partial charge in [-0.1, -0.05) is 0 Å². The highest BCUT2D eigenvalue weighted by Crippen LogP contribution is 2.33. The van der Waals surface area contributed by atoms with Gasteiger partial charge in [0.1, 0.15) is 11.3 Å². The molecule has 0 heterocycles. The van der Waals surface area contributed by atoms with Gasteiger partial charge in [-0.15, -0.1) is 0 Å². The van der Waals surface area contributed by atoms with Gasteiger partial charge in [0.05, 0.1) is 35.1 Å². The fraction of sp³-hybridized carbons (Fsp3) is 0.125. The minimum atomic E-state index is -1.84. The van der Waals surface area contributed by atoms with Crippen LogP contribution in [-0.2, 0) is 0 Å². The summed E-state index contributed by atoms with van der Waals surface area (Å²) in [7, 11) is 1.04. The highest BCUT2D eigenvalue weighted by Gasteiger charge is 2.25. The zero-order valence-electron chi connectivity index (χ0n) is 8.41. The van der Waals surface area contributed by atoms with E-state index in [0.29, 0.717) is 6.07 Å². The van der Waals surface area contributed by atoms with Crippen LogP contribution in [0.15, 0.2) is 12.1 Å². The normalized spacial score (nSPS) is 9.71. The van der Waals surface area contributed by atoms with Crippen molar-refractivity contribution in [3.05, 3.63) is 37.9 Å². The summed E-state index contributed by atoms with van der Waals surface area (Å²) < 4.78 is 4.56. The third-order valence-electron chi connectivity index (χ3n) is 1.90. The first-order chi connectivity index (χ1) is 7.88. The molecule has 1 rings (SSSR count). The number of ether oxygens (including phenoxy) is 1. The molecule has 9 heteroatoms. The number of nitrogens with zero attached hydrogens (tertiary/aromatic N) is 2. The lowest BCUT2D eigenvalue weighted by molar-refractivity contribution is -0.394. The van der Waals surface area contributed by atoms with E-state index in [-0.39, 0.29) is 0 Å². The number of aromatic carboxylic acids is 1. The summed E-state index contributed by atoms with van der Waals surface area (Å²) in [5.74, 6) is -2.34. The number of carboxylic acids is 1. The summed E-state index contributed by atoms with van der Waals surface area (Å²) in [6.07, 6.45) is 0. The van der Waals surface area contributed by atoms with Crippen LogP contribution in [0, 0.1) is 20.2 Å². The molecule has 17 heavy (non-hydrogen) atoms. The van der Waals surface area contributed by atoms with Gasteiger partial charge in [0.15, 0.2) is 0 Å². The Morgan fingerprint density at radius 3 is 2.18 bits per heavy atom. The van der Waals surface area contributed by atoms with Gasteiger partial charge >= 0.3 is 0 Å². The van der Waals surface area contributed by atoms with Crippen LogP contribution >= 0.6 is 0 Å². The molecule has 0 saturated carbocycles. The Labute approximate surface area is 93.5 Å². The molecule has 0 atom stereocenters. The highest BCUT2D eigenvalue weighted by molar-refractivity contribution is 5.94. The number of rotatable bonds is 4. The minimum absolute atomic E-state index is 0.495. The van der Waals surface area contributed by atoms with Gasteiger partial charge in [0.25, 0.3) is 11.4 Å². The molecule has 90 valence electrons. The van der Waals surface area contributed by atoms with E-state index < -0.39 is 38.5 Å². The third-order valence-corrected chi connectivity index (χ3v) is 1.90. The maximum Gasteiger partial charge on any atom is 0.289 e. The van der Waals surface area contributed by atoms with Crippen LogP contribution in [0.2, 0.25) is 0 Å². The van der Waals surface area contributed by atoms with Crippen molar-refractivity contribution in [2.45, 2.75) is 0 Å². The number of methoxy groups -OCH3 is 1. The standard InChI is InChI=1S/C8H6N2O7/c1-17-6-3-4(9(13)14)2-5(10(15)16)7(6)8(11)12/h2-3H,1H3,(H,11,12)/p-1. The van der Waals surface area contributed by atoms with Gasteiger partial charge in [-0.25, -0.2) is 0 Å². The van der Waals surface area contributed by atoms with Crippen LogP contribution in [0.4, 0.5) is 11.4 Å². The molecule has 0 unspecified atom stereocenters. The zero-order chi connectivity index (χ0) is 13.2. The number of non-ortho nitro benzene ring substituents is 1. The number of hydrogen-bond acceptors (Lipinski definition) is 7. The van der Waals surface area contributed by atoms with Gasteiger partial charge in [-0.3, -0.25) is 20.2 Å². The number of nitro benzene ring substituents is 2. The lowest BCUT2D eigenvalue weighted by atomic mass is 10.1. The molecule has 0 amide bonds. The maximum atomic E-state index is 10.7. The molecular formula is C8H5N2O7-. The van der Waals surface area contributed by atoms with Crippen molar-refractivity contribution in [2.75, 3.05) is 7.11 Å². The van der Waals surface area contributed by atoms with Crippen molar-refractivity contribution >= 4 is 17.3 Å². The molecular weight excluding hydrogens is 236 g/mol. The fourth-order valence-electron chi connectivity index (χ4n) is 1.20. The molecule has 0 aromatic heterocycles. The van der Waals surface area contributed by atoms with E-state index >= 15 is 0 Å². The summed E-state index contributed by atoms with van der Waals surface area (Å²) in [6.45, 7) is 0. The predicted molar refractivity (Wildman–Crippen MR) is 50.6 cm³/mol. The van der Waals surface area contributed by atoms with Crippen molar-refractivity contribution in [3.8, 4) is 5.75 Å². The Balaban J connectivity index is 3.63. The van der Waals surface area contributed by atoms with E-state index in [2.05, 4.69) is 4.74 Å². The van der Waals surface area contributed by atoms with Crippen LogP contribution in [0.25, 0.3) is 0 Å². The van der Waals surface area contributed by atoms with Crippen LogP contribution < -0.4 is 9.84 Å². The Morgan fingerprint density at radius 1 is 1.24 bits per heavy atom. The Hall–Kier alpha value is -2.71. The van der Waals surface area contributed by atoms with Crippen molar-refractivity contribution in [3.63, 3.8) is 0 Å². The average molecular weight is 241 g/mol. The second kappa shape index (κ2) is 4.43. The van der Waals surface area contributed by atoms with Crippen molar-refractivity contribution < 1.29 is 24.5 Å². The van der Waals surface area contributed by atoms with Crippen LogP contribution in [-0.4, -0.2) is 22.9 Å². The molecule has 1 aromatic carbocycles. The Morgan fingerprint density at radius 2 is 1.82 bits per heavy atom. The zero-order valence-corrected chi connectivity index (χ0v) is 8.41. The first-order valence-electron chi connectivity index (χ1n) is 4.10. The summed E-state index contributed by atoms with van der Waals surface area (Å²) >= 11 is 0. The van der Waals surface area contributed by atoms with Crippen molar-refractivity contribution in [1.29, 1.82) is 0 Å². The number of carboxylic acid groups (broad SMARTS) is 1. The summed E-state index contributed by atoms with van der Waals surface area (Å²) in [4.78, 5) is 29.9. The van der Waals surface area contributed by atoms with Gasteiger partial charge in [0.2, 0.25) is 0 Å². The molecule has 0 radical (unpaired) electrons. The van der Waals surface area contributed by atoms with E-state index in [1.807, 2.05) is 0 Å². The van der Waals surface area contributed by atoms with E-state index in [4.69, 9.17) is 0 Å². The van der Waals surface area contributed by atoms with E-state index in [9.17, 15) is 30.1 Å². The second-order valence-corrected chi connectivity index (χ2v) is 2.84. The number of hydrogen-bond donors (Lipinski definition) is 0. The second-order valence-electron chi connectivity index (χ2n) is 2.84. The van der Waals surface area contributed by atoms with Gasteiger partial charge in [0, 0.05) is 0 Å². The smallest absolute Gasteiger partial charge is 0.289 e. The Bertz CT molecular complexity index is 511. The third kappa shape index (κ3) is 2.27. The number of carbonyl (C=O) groups is 1. The summed E-state index contributed by atoms with van der Waals surface area (Å²) in [6, 6.07) is 1.31. The molecule has 0 aliphatic rings. The lowest BCUT2D eigenvalue weighted by Gasteiger charge is -2.09. The number of benzene rings is 1. The largest absolute Gasteiger partial charge is 0.544 e. The number of nitro groups is 2. The van der Waals surface area contributed by atoms with Crippen LogP contribution in [0.3, 0.4) is 0 Å². The van der Waals surface area contributed by atoms with Crippen molar-refractivity contribution in [1.82, 2.24) is 0 Å². The molecule has 0 fully saturated rings. The first kappa shape index (κ1) is 12.4. The predicted octanol–water partition coefficient (Wildman–Crippen LogP) is -0.125. The molecule has 0 saturated heterocycles. The summed E-state index contributed by atoms with van der Waals surface area (Å²) in [5, 5.41) is 31.8. The Kier molecular flexibility index (Phi) is 3.22. The van der Waals surface area contributed by atoms with E-state index in [1.54, 1.807) is 0 Å². The monoisotopic (exact) mass is 241 g/mol. The molecule has 1 aromatic rings. The van der Waals surface area contributed by atoms with Crippen LogP contribution in [0.5, 0.6) is 5.75 Å². The minimum Gasteiger partial charge on any atom is -0.544 e. The van der Waals surface area contributed by atoms with Crippen LogP contribution in [0.1, 0.15) is 10.4 Å². The van der Waals surface area contributed by atoms with Gasteiger partial charge < -0.3 is 14.6 Å². The van der Waals surface area contributed by atoms with E-state index in [1.165, 1.54) is 0 Å². The average Bonchev–Trinajstić information content (AvgIpc) is 2.26.